The molecule has 0 unspecified atom stereocenters. The molecule has 2 rings (SSSR count). The van der Waals surface area contributed by atoms with Crippen LogP contribution in [0.25, 0.3) is 6.08 Å². The van der Waals surface area contributed by atoms with E-state index in [9.17, 15) is 9.59 Å². The molecule has 0 atom stereocenters. The van der Waals surface area contributed by atoms with Gasteiger partial charge in [0.05, 0.1) is 29.4 Å². The van der Waals surface area contributed by atoms with Crippen molar-refractivity contribution in [2.45, 2.75) is 6.92 Å². The summed E-state index contributed by atoms with van der Waals surface area (Å²) in [6.07, 6.45) is 3.07. The number of para-hydroxylation sites is 1. The van der Waals surface area contributed by atoms with Gasteiger partial charge in [0.15, 0.2) is 0 Å². The van der Waals surface area contributed by atoms with Crippen LogP contribution >= 0.6 is 15.9 Å². The zero-order valence-electron chi connectivity index (χ0n) is 13.9. The van der Waals surface area contributed by atoms with Gasteiger partial charge in [0.25, 0.3) is 0 Å². The number of hydrogen-bond donors (Lipinski definition) is 1. The van der Waals surface area contributed by atoms with Crippen LogP contribution in [0.4, 0.5) is 5.69 Å². The molecule has 5 nitrogen and oxygen atoms in total. The van der Waals surface area contributed by atoms with E-state index in [1.807, 2.05) is 12.1 Å². The lowest BCUT2D eigenvalue weighted by molar-refractivity contribution is -0.111. The molecule has 0 aromatic heterocycles. The second kappa shape index (κ2) is 9.03. The normalized spacial score (nSPS) is 10.5. The molecular weight excluding hydrogens is 386 g/mol. The van der Waals surface area contributed by atoms with E-state index < -0.39 is 5.97 Å². The van der Waals surface area contributed by atoms with Crippen LogP contribution in [0.3, 0.4) is 0 Å². The van der Waals surface area contributed by atoms with Gasteiger partial charge in [0, 0.05) is 6.08 Å². The predicted molar refractivity (Wildman–Crippen MR) is 101 cm³/mol. The SMILES string of the molecule is CCOC(=O)c1ccccc1NC(=O)C=Cc1ccc(OC)c(Br)c1. The largest absolute Gasteiger partial charge is 0.496 e. The second-order valence-corrected chi connectivity index (χ2v) is 5.84. The van der Waals surface area contributed by atoms with E-state index in [4.69, 9.17) is 9.47 Å². The lowest BCUT2D eigenvalue weighted by atomic mass is 10.1. The van der Waals surface area contributed by atoms with Crippen LogP contribution in [0.2, 0.25) is 0 Å². The third-order valence-electron chi connectivity index (χ3n) is 3.28. The highest BCUT2D eigenvalue weighted by Gasteiger charge is 2.12. The van der Waals surface area contributed by atoms with Crippen molar-refractivity contribution in [1.29, 1.82) is 0 Å². The number of halogens is 1. The number of esters is 1. The Labute approximate surface area is 154 Å². The summed E-state index contributed by atoms with van der Waals surface area (Å²) in [4.78, 5) is 24.1. The average molecular weight is 404 g/mol. The van der Waals surface area contributed by atoms with Crippen molar-refractivity contribution in [2.24, 2.45) is 0 Å². The summed E-state index contributed by atoms with van der Waals surface area (Å²) in [6.45, 7) is 2.00. The first-order valence-electron chi connectivity index (χ1n) is 7.64. The number of carbonyl (C=O) groups excluding carboxylic acids is 2. The molecule has 1 N–H and O–H groups in total. The third-order valence-corrected chi connectivity index (χ3v) is 3.90. The van der Waals surface area contributed by atoms with Crippen LogP contribution in [0.1, 0.15) is 22.8 Å². The van der Waals surface area contributed by atoms with Crippen molar-refractivity contribution >= 4 is 39.6 Å². The van der Waals surface area contributed by atoms with E-state index in [2.05, 4.69) is 21.2 Å². The summed E-state index contributed by atoms with van der Waals surface area (Å²) in [7, 11) is 1.59. The smallest absolute Gasteiger partial charge is 0.340 e. The Morgan fingerprint density at radius 1 is 1.20 bits per heavy atom. The fraction of sp³-hybridized carbons (Fsp3) is 0.158. The van der Waals surface area contributed by atoms with Crippen LogP contribution in [0, 0.1) is 0 Å². The standard InChI is InChI=1S/C19H18BrNO4/c1-3-25-19(23)14-6-4-5-7-16(14)21-18(22)11-9-13-8-10-17(24-2)15(20)12-13/h4-12H,3H2,1-2H3,(H,21,22). The topological polar surface area (TPSA) is 64.6 Å². The first kappa shape index (κ1) is 18.7. The van der Waals surface area contributed by atoms with Gasteiger partial charge in [0.2, 0.25) is 5.91 Å². The fourth-order valence-electron chi connectivity index (χ4n) is 2.11. The molecule has 2 aromatic carbocycles. The van der Waals surface area contributed by atoms with Crippen molar-refractivity contribution < 1.29 is 19.1 Å². The van der Waals surface area contributed by atoms with Crippen molar-refractivity contribution in [1.82, 2.24) is 0 Å². The molecule has 0 heterocycles. The maximum absolute atomic E-state index is 12.1. The molecule has 0 bridgehead atoms. The molecule has 0 saturated heterocycles. The number of amides is 1. The van der Waals surface area contributed by atoms with E-state index in [0.717, 1.165) is 10.0 Å². The molecule has 0 saturated carbocycles. The number of carbonyl (C=O) groups is 2. The molecule has 0 spiro atoms. The lowest BCUT2D eigenvalue weighted by Gasteiger charge is -2.08. The lowest BCUT2D eigenvalue weighted by Crippen LogP contribution is -2.13. The predicted octanol–water partition coefficient (Wildman–Crippen LogP) is 4.29. The maximum Gasteiger partial charge on any atom is 0.340 e. The molecule has 1 amide bonds. The van der Waals surface area contributed by atoms with Crippen molar-refractivity contribution in [3.8, 4) is 5.75 Å². The van der Waals surface area contributed by atoms with Gasteiger partial charge in [-0.2, -0.15) is 0 Å². The Hall–Kier alpha value is -2.60. The highest BCUT2D eigenvalue weighted by atomic mass is 79.9. The van der Waals surface area contributed by atoms with E-state index in [1.54, 1.807) is 50.4 Å². The molecule has 2 aromatic rings. The van der Waals surface area contributed by atoms with Gasteiger partial charge in [-0.25, -0.2) is 4.79 Å². The van der Waals surface area contributed by atoms with Crippen LogP contribution in [0.5, 0.6) is 5.75 Å². The van der Waals surface area contributed by atoms with E-state index in [0.29, 0.717) is 17.0 Å². The molecular formula is C19H18BrNO4. The van der Waals surface area contributed by atoms with Crippen molar-refractivity contribution in [2.75, 3.05) is 19.0 Å². The summed E-state index contributed by atoms with van der Waals surface area (Å²) in [5, 5.41) is 2.69. The Morgan fingerprint density at radius 3 is 2.64 bits per heavy atom. The average Bonchev–Trinajstić information content (AvgIpc) is 2.60. The first-order chi connectivity index (χ1) is 12.0. The van der Waals surface area contributed by atoms with Crippen LogP contribution in [0.15, 0.2) is 53.0 Å². The van der Waals surface area contributed by atoms with Crippen LogP contribution < -0.4 is 10.1 Å². The summed E-state index contributed by atoms with van der Waals surface area (Å²) >= 11 is 3.40. The van der Waals surface area contributed by atoms with E-state index >= 15 is 0 Å². The summed E-state index contributed by atoms with van der Waals surface area (Å²) in [5.41, 5.74) is 1.56. The molecule has 6 heteroatoms. The second-order valence-electron chi connectivity index (χ2n) is 4.98. The van der Waals surface area contributed by atoms with E-state index in [-0.39, 0.29) is 12.5 Å². The van der Waals surface area contributed by atoms with Gasteiger partial charge in [-0.1, -0.05) is 18.2 Å². The van der Waals surface area contributed by atoms with Crippen LogP contribution in [-0.2, 0) is 9.53 Å². The van der Waals surface area contributed by atoms with Gasteiger partial charge in [-0.05, 0) is 58.8 Å². The molecule has 0 aliphatic carbocycles. The number of anilines is 1. The zero-order valence-corrected chi connectivity index (χ0v) is 15.5. The molecule has 0 aliphatic heterocycles. The minimum absolute atomic E-state index is 0.271. The molecule has 0 aliphatic rings. The zero-order chi connectivity index (χ0) is 18.2. The highest BCUT2D eigenvalue weighted by molar-refractivity contribution is 9.10. The molecule has 0 fully saturated rings. The van der Waals surface area contributed by atoms with Gasteiger partial charge in [-0.3, -0.25) is 4.79 Å². The van der Waals surface area contributed by atoms with Gasteiger partial charge in [-0.15, -0.1) is 0 Å². The monoisotopic (exact) mass is 403 g/mol. The minimum Gasteiger partial charge on any atom is -0.496 e. The third kappa shape index (κ3) is 5.19. The Morgan fingerprint density at radius 2 is 1.96 bits per heavy atom. The van der Waals surface area contributed by atoms with Gasteiger partial charge in [0.1, 0.15) is 5.75 Å². The quantitative estimate of drug-likeness (QED) is 0.577. The van der Waals surface area contributed by atoms with Crippen LogP contribution in [-0.4, -0.2) is 25.6 Å². The van der Waals surface area contributed by atoms with Gasteiger partial charge >= 0.3 is 5.97 Å². The Balaban J connectivity index is 2.10. The van der Waals surface area contributed by atoms with Crippen molar-refractivity contribution in [3.63, 3.8) is 0 Å². The summed E-state index contributed by atoms with van der Waals surface area (Å²) < 4.78 is 11.0. The number of ether oxygens (including phenoxy) is 2. The van der Waals surface area contributed by atoms with E-state index in [1.165, 1.54) is 6.08 Å². The summed E-state index contributed by atoms with van der Waals surface area (Å²) in [6, 6.07) is 12.2. The number of benzene rings is 2. The summed E-state index contributed by atoms with van der Waals surface area (Å²) in [5.74, 6) is -0.102. The molecule has 130 valence electrons. The highest BCUT2D eigenvalue weighted by Crippen LogP contribution is 2.26. The Kier molecular flexibility index (Phi) is 6.77. The molecule has 25 heavy (non-hydrogen) atoms. The fourth-order valence-corrected chi connectivity index (χ4v) is 2.67. The number of nitrogens with one attached hydrogen (secondary N) is 1. The molecule has 0 radical (unpaired) electrons. The van der Waals surface area contributed by atoms with Crippen molar-refractivity contribution in [3.05, 3.63) is 64.1 Å². The maximum atomic E-state index is 12.1. The first-order valence-corrected chi connectivity index (χ1v) is 8.43. The number of methoxy groups -OCH3 is 1. The van der Waals surface area contributed by atoms with Gasteiger partial charge < -0.3 is 14.8 Å². The number of rotatable bonds is 6. The Bertz CT molecular complexity index is 802. The minimum atomic E-state index is -0.471. The number of hydrogen-bond acceptors (Lipinski definition) is 4.